The molecule has 0 aromatic carbocycles. The van der Waals surface area contributed by atoms with Crippen molar-refractivity contribution < 1.29 is 33.9 Å². The lowest BCUT2D eigenvalue weighted by Gasteiger charge is -2.26. The first-order valence-corrected chi connectivity index (χ1v) is 10.6. The molecule has 10 nitrogen and oxygen atoms in total. The molecule has 0 radical (unpaired) electrons. The van der Waals surface area contributed by atoms with E-state index in [1.807, 2.05) is 13.8 Å². The van der Waals surface area contributed by atoms with Crippen molar-refractivity contribution in [3.05, 3.63) is 24.0 Å². The maximum atomic E-state index is 13.1. The number of nitrogens with one attached hydrogen (secondary N) is 2. The maximum absolute atomic E-state index is 13.1. The van der Waals surface area contributed by atoms with Gasteiger partial charge in [0, 0.05) is 17.9 Å². The highest BCUT2D eigenvalue weighted by atomic mass is 16.6. The van der Waals surface area contributed by atoms with Gasteiger partial charge in [0.1, 0.15) is 11.6 Å². The summed E-state index contributed by atoms with van der Waals surface area (Å²) in [6.45, 7) is 10.8. The Balaban J connectivity index is 3.11. The lowest BCUT2D eigenvalue weighted by molar-refractivity contribution is -0.143. The van der Waals surface area contributed by atoms with Crippen molar-refractivity contribution in [3.63, 3.8) is 0 Å². The molecule has 0 saturated carbocycles. The van der Waals surface area contributed by atoms with Crippen LogP contribution in [-0.2, 0) is 19.1 Å². The Labute approximate surface area is 189 Å². The van der Waals surface area contributed by atoms with Crippen molar-refractivity contribution in [2.75, 3.05) is 6.61 Å². The summed E-state index contributed by atoms with van der Waals surface area (Å²) in [5.74, 6) is -0.985. The third kappa shape index (κ3) is 10.1. The number of carbonyl (C=O) groups excluding carboxylic acids is 3. The third-order valence-corrected chi connectivity index (χ3v) is 4.19. The Kier molecular flexibility index (Phi) is 10.6. The summed E-state index contributed by atoms with van der Waals surface area (Å²) >= 11 is 0. The van der Waals surface area contributed by atoms with Crippen LogP contribution in [-0.4, -0.2) is 58.4 Å². The molecule has 0 unspecified atom stereocenters. The molecular weight excluding hydrogens is 417 g/mol. The van der Waals surface area contributed by atoms with E-state index in [2.05, 4.69) is 15.6 Å². The minimum Gasteiger partial charge on any atom is -0.466 e. The molecule has 1 heterocycles. The van der Waals surface area contributed by atoms with E-state index in [-0.39, 0.29) is 24.4 Å². The van der Waals surface area contributed by atoms with Crippen LogP contribution < -0.4 is 16.1 Å². The molecule has 2 atom stereocenters. The highest BCUT2D eigenvalue weighted by Crippen LogP contribution is 2.18. The number of amides is 2. The normalized spacial score (nSPS) is 13.2. The van der Waals surface area contributed by atoms with E-state index in [4.69, 9.17) is 9.47 Å². The molecule has 0 aliphatic carbocycles. The summed E-state index contributed by atoms with van der Waals surface area (Å²) in [5, 5.41) is 24.2. The van der Waals surface area contributed by atoms with Crippen LogP contribution in [0.5, 0.6) is 0 Å². The second kappa shape index (κ2) is 12.4. The molecule has 1 aromatic rings. The molecule has 178 valence electrons. The number of aromatic nitrogens is 1. The van der Waals surface area contributed by atoms with Gasteiger partial charge >= 0.3 is 19.2 Å². The predicted octanol–water partition coefficient (Wildman–Crippen LogP) is 0.811. The van der Waals surface area contributed by atoms with Gasteiger partial charge in [0.05, 0.1) is 19.1 Å². The van der Waals surface area contributed by atoms with E-state index in [0.29, 0.717) is 12.0 Å². The number of alkyl carbamates (subject to hydrolysis) is 1. The van der Waals surface area contributed by atoms with Crippen LogP contribution in [0, 0.1) is 5.92 Å². The van der Waals surface area contributed by atoms with Crippen molar-refractivity contribution in [2.45, 2.75) is 72.1 Å². The second-order valence-electron chi connectivity index (χ2n) is 8.82. The molecule has 0 saturated heterocycles. The Morgan fingerprint density at radius 2 is 1.81 bits per heavy atom. The second-order valence-corrected chi connectivity index (χ2v) is 8.82. The van der Waals surface area contributed by atoms with Crippen LogP contribution in [0.3, 0.4) is 0 Å². The standard InChI is InChI=1S/C21H34BN3O7/c1-7-31-18(26)10-16(14-9-15(22(29)30)12-23-11-14)24-19(27)17(8-13(2)3)25-20(28)32-21(4,5)6/h9,11-13,16-17,29-30H,7-8,10H2,1-6H3,(H,24,27)(H,25,28)/t16-,17-/m0/s1. The molecule has 0 aliphatic heterocycles. The minimum atomic E-state index is -1.76. The zero-order chi connectivity index (χ0) is 24.5. The summed E-state index contributed by atoms with van der Waals surface area (Å²) < 4.78 is 10.3. The summed E-state index contributed by atoms with van der Waals surface area (Å²) in [5.41, 5.74) is -0.235. The predicted molar refractivity (Wildman–Crippen MR) is 119 cm³/mol. The summed E-state index contributed by atoms with van der Waals surface area (Å²) in [7, 11) is -1.76. The zero-order valence-corrected chi connectivity index (χ0v) is 19.5. The molecule has 11 heteroatoms. The van der Waals surface area contributed by atoms with Crippen molar-refractivity contribution in [1.29, 1.82) is 0 Å². The molecule has 0 bridgehead atoms. The van der Waals surface area contributed by atoms with Crippen molar-refractivity contribution in [3.8, 4) is 0 Å². The Hall–Kier alpha value is -2.66. The van der Waals surface area contributed by atoms with Gasteiger partial charge < -0.3 is 30.2 Å². The van der Waals surface area contributed by atoms with Gasteiger partial charge in [0.2, 0.25) is 5.91 Å². The summed E-state index contributed by atoms with van der Waals surface area (Å²) in [6.07, 6.45) is 2.09. The fraction of sp³-hybridized carbons (Fsp3) is 0.619. The van der Waals surface area contributed by atoms with Crippen LogP contribution in [0.2, 0.25) is 0 Å². The van der Waals surface area contributed by atoms with Crippen LogP contribution in [0.1, 0.15) is 66.0 Å². The first kappa shape index (κ1) is 27.4. The van der Waals surface area contributed by atoms with Crippen molar-refractivity contribution in [2.24, 2.45) is 5.92 Å². The van der Waals surface area contributed by atoms with Gasteiger partial charge in [-0.05, 0) is 45.6 Å². The smallest absolute Gasteiger partial charge is 0.466 e. The van der Waals surface area contributed by atoms with Gasteiger partial charge in [0.15, 0.2) is 0 Å². The number of nitrogens with zero attached hydrogens (tertiary/aromatic N) is 1. The monoisotopic (exact) mass is 451 g/mol. The van der Waals surface area contributed by atoms with Crippen LogP contribution in [0.4, 0.5) is 4.79 Å². The highest BCUT2D eigenvalue weighted by Gasteiger charge is 2.29. The Morgan fingerprint density at radius 3 is 2.34 bits per heavy atom. The van der Waals surface area contributed by atoms with E-state index in [0.717, 1.165) is 0 Å². The fourth-order valence-electron chi connectivity index (χ4n) is 2.87. The van der Waals surface area contributed by atoms with Gasteiger partial charge in [-0.25, -0.2) is 4.79 Å². The molecule has 0 aliphatic rings. The molecule has 1 aromatic heterocycles. The summed E-state index contributed by atoms with van der Waals surface area (Å²) in [4.78, 5) is 41.4. The number of esters is 1. The topological polar surface area (TPSA) is 147 Å². The number of hydrogen-bond donors (Lipinski definition) is 4. The van der Waals surface area contributed by atoms with Gasteiger partial charge in [0.25, 0.3) is 0 Å². The van der Waals surface area contributed by atoms with Gasteiger partial charge in [-0.2, -0.15) is 0 Å². The quantitative estimate of drug-likeness (QED) is 0.302. The van der Waals surface area contributed by atoms with E-state index in [1.54, 1.807) is 27.7 Å². The molecule has 2 amide bonds. The van der Waals surface area contributed by atoms with Crippen LogP contribution in [0.25, 0.3) is 0 Å². The van der Waals surface area contributed by atoms with Gasteiger partial charge in [-0.15, -0.1) is 0 Å². The average molecular weight is 451 g/mol. The van der Waals surface area contributed by atoms with Crippen molar-refractivity contribution >= 4 is 30.6 Å². The van der Waals surface area contributed by atoms with Gasteiger partial charge in [-0.1, -0.05) is 19.9 Å². The first-order valence-electron chi connectivity index (χ1n) is 10.6. The minimum absolute atomic E-state index is 0.0822. The van der Waals surface area contributed by atoms with Crippen LogP contribution in [0.15, 0.2) is 18.5 Å². The number of rotatable bonds is 10. The lowest BCUT2D eigenvalue weighted by Crippen LogP contribution is -2.49. The number of hydrogen-bond acceptors (Lipinski definition) is 8. The number of pyridine rings is 1. The number of carbonyl (C=O) groups is 3. The SMILES string of the molecule is CCOC(=O)C[C@H](NC(=O)[C@H](CC(C)C)NC(=O)OC(C)(C)C)c1cncc(B(O)O)c1. The maximum Gasteiger partial charge on any atom is 0.490 e. The largest absolute Gasteiger partial charge is 0.490 e. The molecular formula is C21H34BN3O7. The van der Waals surface area contributed by atoms with Crippen molar-refractivity contribution in [1.82, 2.24) is 15.6 Å². The Morgan fingerprint density at radius 1 is 1.16 bits per heavy atom. The van der Waals surface area contributed by atoms with E-state index in [9.17, 15) is 24.4 Å². The molecule has 0 spiro atoms. The van der Waals surface area contributed by atoms with Gasteiger partial charge in [-0.3, -0.25) is 14.6 Å². The number of ether oxygens (including phenoxy) is 2. The summed E-state index contributed by atoms with van der Waals surface area (Å²) in [6, 6.07) is -0.336. The molecule has 1 rings (SSSR count). The Bertz CT molecular complexity index is 781. The zero-order valence-electron chi connectivity index (χ0n) is 19.5. The van der Waals surface area contributed by atoms with E-state index in [1.165, 1.54) is 18.5 Å². The van der Waals surface area contributed by atoms with Crippen LogP contribution >= 0.6 is 0 Å². The van der Waals surface area contributed by atoms with E-state index < -0.39 is 42.8 Å². The molecule has 0 fully saturated rings. The lowest BCUT2D eigenvalue weighted by atomic mass is 9.80. The highest BCUT2D eigenvalue weighted by molar-refractivity contribution is 6.58. The fourth-order valence-corrected chi connectivity index (χ4v) is 2.87. The first-order chi connectivity index (χ1) is 14.8. The average Bonchev–Trinajstić information content (AvgIpc) is 2.65. The third-order valence-electron chi connectivity index (χ3n) is 4.19. The van der Waals surface area contributed by atoms with E-state index >= 15 is 0 Å². The molecule has 4 N–H and O–H groups in total. The molecule has 32 heavy (non-hydrogen) atoms.